The standard InChI is InChI=1S/C10H7F2NO2/c1-13-3-2-5-8(10(14)15)6(11)4-7(12)9(5)13/h2-4H,1H3,(H,14,15). The molecule has 2 rings (SSSR count). The molecule has 0 radical (unpaired) electrons. The molecule has 1 N–H and O–H groups in total. The van der Waals surface area contributed by atoms with E-state index in [0.29, 0.717) is 6.07 Å². The summed E-state index contributed by atoms with van der Waals surface area (Å²) in [4.78, 5) is 10.8. The molecule has 2 aromatic rings. The average molecular weight is 211 g/mol. The van der Waals surface area contributed by atoms with Gasteiger partial charge in [0.2, 0.25) is 0 Å². The minimum Gasteiger partial charge on any atom is -0.478 e. The second-order valence-corrected chi connectivity index (χ2v) is 3.21. The van der Waals surface area contributed by atoms with E-state index in [-0.39, 0.29) is 10.9 Å². The molecule has 0 spiro atoms. The number of aromatic nitrogens is 1. The van der Waals surface area contributed by atoms with Crippen LogP contribution < -0.4 is 0 Å². The Morgan fingerprint density at radius 1 is 1.40 bits per heavy atom. The summed E-state index contributed by atoms with van der Waals surface area (Å²) in [5.41, 5.74) is -0.402. The minimum absolute atomic E-state index is 0.0718. The van der Waals surface area contributed by atoms with Crippen LogP contribution in [0.2, 0.25) is 0 Å². The summed E-state index contributed by atoms with van der Waals surface area (Å²) in [6.07, 6.45) is 1.49. The lowest BCUT2D eigenvalue weighted by molar-refractivity contribution is 0.0694. The third-order valence-electron chi connectivity index (χ3n) is 2.27. The van der Waals surface area contributed by atoms with Crippen LogP contribution >= 0.6 is 0 Å². The maximum Gasteiger partial charge on any atom is 0.339 e. The molecule has 0 atom stereocenters. The summed E-state index contributed by atoms with van der Waals surface area (Å²) in [5.74, 6) is -3.22. The zero-order valence-corrected chi connectivity index (χ0v) is 7.79. The molecule has 0 aliphatic rings. The molecule has 15 heavy (non-hydrogen) atoms. The Labute approximate surface area is 83.5 Å². The smallest absolute Gasteiger partial charge is 0.339 e. The van der Waals surface area contributed by atoms with Gasteiger partial charge >= 0.3 is 5.97 Å². The van der Waals surface area contributed by atoms with Gasteiger partial charge < -0.3 is 9.67 Å². The first-order chi connectivity index (χ1) is 7.02. The van der Waals surface area contributed by atoms with Crippen LogP contribution in [0, 0.1) is 11.6 Å². The fourth-order valence-electron chi connectivity index (χ4n) is 1.63. The predicted octanol–water partition coefficient (Wildman–Crippen LogP) is 2.15. The number of nitrogens with zero attached hydrogens (tertiary/aromatic N) is 1. The van der Waals surface area contributed by atoms with Gasteiger partial charge in [-0.15, -0.1) is 0 Å². The topological polar surface area (TPSA) is 42.2 Å². The summed E-state index contributed by atoms with van der Waals surface area (Å²) in [6.45, 7) is 0. The van der Waals surface area contributed by atoms with E-state index in [1.165, 1.54) is 16.8 Å². The van der Waals surface area contributed by atoms with Crippen LogP contribution in [0.15, 0.2) is 18.3 Å². The Bertz CT molecular complexity index is 560. The monoisotopic (exact) mass is 211 g/mol. The van der Waals surface area contributed by atoms with Gasteiger partial charge in [-0.3, -0.25) is 0 Å². The minimum atomic E-state index is -1.40. The molecule has 0 amide bonds. The Morgan fingerprint density at radius 2 is 2.07 bits per heavy atom. The van der Waals surface area contributed by atoms with E-state index in [1.54, 1.807) is 7.05 Å². The number of carboxylic acid groups (broad SMARTS) is 1. The van der Waals surface area contributed by atoms with Crippen molar-refractivity contribution in [3.05, 3.63) is 35.5 Å². The quantitative estimate of drug-likeness (QED) is 0.785. The maximum absolute atomic E-state index is 13.3. The van der Waals surface area contributed by atoms with Gasteiger partial charge in [0.25, 0.3) is 0 Å². The molecule has 0 fully saturated rings. The van der Waals surface area contributed by atoms with Crippen molar-refractivity contribution < 1.29 is 18.7 Å². The second kappa shape index (κ2) is 3.05. The number of carboxylic acids is 1. The molecule has 0 unspecified atom stereocenters. The fourth-order valence-corrected chi connectivity index (χ4v) is 1.63. The highest BCUT2D eigenvalue weighted by molar-refractivity contribution is 6.03. The van der Waals surface area contributed by atoms with Gasteiger partial charge in [-0.1, -0.05) is 0 Å². The first kappa shape index (κ1) is 9.64. The molecule has 0 aliphatic heterocycles. The molecule has 1 heterocycles. The number of fused-ring (bicyclic) bond motifs is 1. The molecule has 1 aromatic carbocycles. The van der Waals surface area contributed by atoms with Gasteiger partial charge in [0.1, 0.15) is 17.2 Å². The number of aryl methyl sites for hydroxylation is 1. The van der Waals surface area contributed by atoms with Crippen molar-refractivity contribution in [3.8, 4) is 0 Å². The van der Waals surface area contributed by atoms with Gasteiger partial charge in [0.15, 0.2) is 0 Å². The van der Waals surface area contributed by atoms with Crippen molar-refractivity contribution in [1.82, 2.24) is 4.57 Å². The van der Waals surface area contributed by atoms with Gasteiger partial charge in [-0.25, -0.2) is 13.6 Å². The fraction of sp³-hybridized carbons (Fsp3) is 0.100. The molecular weight excluding hydrogens is 204 g/mol. The molecule has 3 nitrogen and oxygen atoms in total. The molecule has 1 aromatic heterocycles. The van der Waals surface area contributed by atoms with Crippen LogP contribution in [0.3, 0.4) is 0 Å². The molecular formula is C10H7F2NO2. The van der Waals surface area contributed by atoms with Crippen molar-refractivity contribution in [2.24, 2.45) is 7.05 Å². The molecule has 78 valence electrons. The van der Waals surface area contributed by atoms with Gasteiger partial charge in [0.05, 0.1) is 5.52 Å². The van der Waals surface area contributed by atoms with E-state index in [2.05, 4.69) is 0 Å². The number of aromatic carboxylic acids is 1. The van der Waals surface area contributed by atoms with E-state index < -0.39 is 23.2 Å². The van der Waals surface area contributed by atoms with Gasteiger partial charge in [-0.2, -0.15) is 0 Å². The van der Waals surface area contributed by atoms with Crippen molar-refractivity contribution in [2.75, 3.05) is 0 Å². The van der Waals surface area contributed by atoms with Crippen LogP contribution in [0.5, 0.6) is 0 Å². The van der Waals surface area contributed by atoms with Crippen molar-refractivity contribution in [1.29, 1.82) is 0 Å². The SMILES string of the molecule is Cn1ccc2c(C(=O)O)c(F)cc(F)c21. The van der Waals surface area contributed by atoms with E-state index in [4.69, 9.17) is 5.11 Å². The van der Waals surface area contributed by atoms with Crippen molar-refractivity contribution in [3.63, 3.8) is 0 Å². The third-order valence-corrected chi connectivity index (χ3v) is 2.27. The Balaban J connectivity index is 2.97. The average Bonchev–Trinajstić information content (AvgIpc) is 2.47. The molecule has 0 aliphatic carbocycles. The van der Waals surface area contributed by atoms with Crippen LogP contribution in [0.25, 0.3) is 10.9 Å². The molecule has 0 saturated carbocycles. The van der Waals surface area contributed by atoms with Crippen molar-refractivity contribution in [2.45, 2.75) is 0 Å². The summed E-state index contributed by atoms with van der Waals surface area (Å²) >= 11 is 0. The summed E-state index contributed by atoms with van der Waals surface area (Å²) in [7, 11) is 1.56. The number of halogens is 2. The predicted molar refractivity (Wildman–Crippen MR) is 49.8 cm³/mol. The number of hydrogen-bond acceptors (Lipinski definition) is 1. The third kappa shape index (κ3) is 1.27. The van der Waals surface area contributed by atoms with Crippen LogP contribution in [0.1, 0.15) is 10.4 Å². The Hall–Kier alpha value is -1.91. The highest BCUT2D eigenvalue weighted by atomic mass is 19.1. The lowest BCUT2D eigenvalue weighted by Gasteiger charge is -2.03. The maximum atomic E-state index is 13.3. The second-order valence-electron chi connectivity index (χ2n) is 3.21. The zero-order valence-electron chi connectivity index (χ0n) is 7.79. The number of carbonyl (C=O) groups is 1. The largest absolute Gasteiger partial charge is 0.478 e. The summed E-state index contributed by atoms with van der Waals surface area (Å²) in [5, 5.41) is 8.86. The van der Waals surface area contributed by atoms with E-state index >= 15 is 0 Å². The van der Waals surface area contributed by atoms with Crippen LogP contribution in [0.4, 0.5) is 8.78 Å². The van der Waals surface area contributed by atoms with Gasteiger partial charge in [-0.05, 0) is 6.07 Å². The highest BCUT2D eigenvalue weighted by Gasteiger charge is 2.19. The zero-order chi connectivity index (χ0) is 11.2. The summed E-state index contributed by atoms with van der Waals surface area (Å²) < 4.78 is 28.0. The number of rotatable bonds is 1. The van der Waals surface area contributed by atoms with Gasteiger partial charge in [0, 0.05) is 24.7 Å². The first-order valence-corrected chi connectivity index (χ1v) is 4.18. The van der Waals surface area contributed by atoms with Crippen LogP contribution in [-0.4, -0.2) is 15.6 Å². The van der Waals surface area contributed by atoms with Crippen molar-refractivity contribution >= 4 is 16.9 Å². The lowest BCUT2D eigenvalue weighted by Crippen LogP contribution is -2.03. The molecule has 5 heteroatoms. The Morgan fingerprint density at radius 3 is 2.67 bits per heavy atom. The number of benzene rings is 1. The lowest BCUT2D eigenvalue weighted by atomic mass is 10.1. The summed E-state index contributed by atoms with van der Waals surface area (Å²) in [6, 6.07) is 1.97. The highest BCUT2D eigenvalue weighted by Crippen LogP contribution is 2.25. The number of hydrogen-bond donors (Lipinski definition) is 1. The van der Waals surface area contributed by atoms with E-state index in [1.807, 2.05) is 0 Å². The Kier molecular flexibility index (Phi) is 1.96. The molecule has 0 saturated heterocycles. The first-order valence-electron chi connectivity index (χ1n) is 4.18. The van der Waals surface area contributed by atoms with Crippen LogP contribution in [-0.2, 0) is 7.05 Å². The van der Waals surface area contributed by atoms with E-state index in [9.17, 15) is 13.6 Å². The normalized spacial score (nSPS) is 10.9. The molecule has 0 bridgehead atoms. The van der Waals surface area contributed by atoms with E-state index in [0.717, 1.165) is 0 Å².